The topological polar surface area (TPSA) is 45.7 Å². The van der Waals surface area contributed by atoms with Crippen molar-refractivity contribution in [3.8, 4) is 0 Å². The van der Waals surface area contributed by atoms with Crippen LogP contribution in [-0.2, 0) is 22.6 Å². The predicted molar refractivity (Wildman–Crippen MR) is 90.0 cm³/mol. The number of rotatable bonds is 4. The minimum absolute atomic E-state index is 0.0831. The number of carbonyl (C=O) groups is 1. The molecule has 0 bridgehead atoms. The summed E-state index contributed by atoms with van der Waals surface area (Å²) in [6.45, 7) is 3.32. The molecule has 4 rings (SSSR count). The first-order chi connectivity index (χ1) is 11.8. The SMILES string of the molecule is O=C1CO[C@H]2CN(Cc3ccccn3)C[C@H]2N1Cc1ccccc1. The van der Waals surface area contributed by atoms with Crippen molar-refractivity contribution in [1.29, 1.82) is 0 Å². The lowest BCUT2D eigenvalue weighted by Gasteiger charge is -2.36. The second-order valence-electron chi connectivity index (χ2n) is 6.44. The quantitative estimate of drug-likeness (QED) is 0.859. The molecular weight excluding hydrogens is 302 g/mol. The molecule has 0 radical (unpaired) electrons. The van der Waals surface area contributed by atoms with Crippen LogP contribution in [0.2, 0.25) is 0 Å². The van der Waals surface area contributed by atoms with Crippen LogP contribution in [0.1, 0.15) is 11.3 Å². The predicted octanol–water partition coefficient (Wildman–Crippen LogP) is 1.69. The Hall–Kier alpha value is -2.24. The van der Waals surface area contributed by atoms with Crippen LogP contribution in [0.4, 0.5) is 0 Å². The average Bonchev–Trinajstić information content (AvgIpc) is 3.02. The molecule has 0 N–H and O–H groups in total. The lowest BCUT2D eigenvalue weighted by atomic mass is 10.1. The van der Waals surface area contributed by atoms with E-state index in [0.29, 0.717) is 6.54 Å². The second kappa shape index (κ2) is 6.71. The maximum atomic E-state index is 12.4. The van der Waals surface area contributed by atoms with Gasteiger partial charge in [-0.1, -0.05) is 36.4 Å². The van der Waals surface area contributed by atoms with Crippen molar-refractivity contribution in [2.45, 2.75) is 25.2 Å². The van der Waals surface area contributed by atoms with E-state index < -0.39 is 0 Å². The van der Waals surface area contributed by atoms with Gasteiger partial charge in [-0.15, -0.1) is 0 Å². The zero-order valence-corrected chi connectivity index (χ0v) is 13.5. The summed E-state index contributed by atoms with van der Waals surface area (Å²) in [5.74, 6) is 0.0831. The van der Waals surface area contributed by atoms with E-state index in [1.54, 1.807) is 0 Å². The molecule has 2 fully saturated rings. The van der Waals surface area contributed by atoms with E-state index in [1.165, 1.54) is 0 Å². The minimum Gasteiger partial charge on any atom is -0.365 e. The molecule has 124 valence electrons. The molecule has 2 saturated heterocycles. The third kappa shape index (κ3) is 3.18. The number of hydrogen-bond donors (Lipinski definition) is 0. The molecule has 24 heavy (non-hydrogen) atoms. The summed E-state index contributed by atoms with van der Waals surface area (Å²) < 4.78 is 5.80. The number of morpholine rings is 1. The summed E-state index contributed by atoms with van der Waals surface area (Å²) in [4.78, 5) is 21.1. The number of carbonyl (C=O) groups excluding carboxylic acids is 1. The molecule has 1 aromatic heterocycles. The summed E-state index contributed by atoms with van der Waals surface area (Å²) in [6.07, 6.45) is 1.91. The van der Waals surface area contributed by atoms with Crippen LogP contribution in [0, 0.1) is 0 Å². The molecule has 0 spiro atoms. The zero-order valence-electron chi connectivity index (χ0n) is 13.5. The van der Waals surface area contributed by atoms with Gasteiger partial charge in [-0.3, -0.25) is 14.7 Å². The summed E-state index contributed by atoms with van der Waals surface area (Å²) in [5, 5.41) is 0. The maximum Gasteiger partial charge on any atom is 0.249 e. The standard InChI is InChI=1S/C19H21N3O2/c23-19-14-24-18-13-21(11-16-8-4-5-9-20-16)12-17(18)22(19)10-15-6-2-1-3-7-15/h1-9,17-18H,10-14H2/t17-,18+/m1/s1. The van der Waals surface area contributed by atoms with Crippen LogP contribution < -0.4 is 0 Å². The number of fused-ring (bicyclic) bond motifs is 1. The Bertz CT molecular complexity index is 692. The van der Waals surface area contributed by atoms with Crippen LogP contribution in [0.3, 0.4) is 0 Å². The molecule has 1 aromatic carbocycles. The molecule has 2 aromatic rings. The van der Waals surface area contributed by atoms with Crippen molar-refractivity contribution >= 4 is 5.91 Å². The molecule has 5 nitrogen and oxygen atoms in total. The second-order valence-corrected chi connectivity index (χ2v) is 6.44. The normalized spacial score (nSPS) is 24.2. The van der Waals surface area contributed by atoms with Gasteiger partial charge in [0.15, 0.2) is 0 Å². The monoisotopic (exact) mass is 323 g/mol. The highest BCUT2D eigenvalue weighted by molar-refractivity contribution is 5.78. The molecule has 2 aliphatic heterocycles. The molecule has 0 saturated carbocycles. The van der Waals surface area contributed by atoms with Gasteiger partial charge in [-0.05, 0) is 17.7 Å². The van der Waals surface area contributed by atoms with Crippen LogP contribution in [-0.4, -0.2) is 52.5 Å². The zero-order chi connectivity index (χ0) is 16.4. The Morgan fingerprint density at radius 1 is 1.04 bits per heavy atom. The van der Waals surface area contributed by atoms with E-state index in [9.17, 15) is 4.79 Å². The molecule has 0 unspecified atom stereocenters. The first-order valence-electron chi connectivity index (χ1n) is 8.37. The number of ether oxygens (including phenoxy) is 1. The van der Waals surface area contributed by atoms with Crippen LogP contribution in [0.5, 0.6) is 0 Å². The number of likely N-dealkylation sites (tertiary alicyclic amines) is 1. The number of hydrogen-bond acceptors (Lipinski definition) is 4. The van der Waals surface area contributed by atoms with Gasteiger partial charge in [0, 0.05) is 32.4 Å². The fourth-order valence-electron chi connectivity index (χ4n) is 3.58. The van der Waals surface area contributed by atoms with Gasteiger partial charge in [-0.2, -0.15) is 0 Å². The van der Waals surface area contributed by atoms with E-state index in [-0.39, 0.29) is 24.7 Å². The summed E-state index contributed by atoms with van der Waals surface area (Å²) >= 11 is 0. The van der Waals surface area contributed by atoms with Crippen molar-refractivity contribution in [2.75, 3.05) is 19.7 Å². The van der Waals surface area contributed by atoms with Gasteiger partial charge in [-0.25, -0.2) is 0 Å². The number of benzene rings is 1. The van der Waals surface area contributed by atoms with Crippen molar-refractivity contribution in [3.63, 3.8) is 0 Å². The van der Waals surface area contributed by atoms with Gasteiger partial charge < -0.3 is 9.64 Å². The van der Waals surface area contributed by atoms with Crippen molar-refractivity contribution in [1.82, 2.24) is 14.8 Å². The van der Waals surface area contributed by atoms with E-state index in [0.717, 1.165) is 30.9 Å². The van der Waals surface area contributed by atoms with Gasteiger partial charge in [0.05, 0.1) is 17.8 Å². The van der Waals surface area contributed by atoms with Crippen molar-refractivity contribution in [2.24, 2.45) is 0 Å². The highest BCUT2D eigenvalue weighted by Crippen LogP contribution is 2.26. The van der Waals surface area contributed by atoms with Gasteiger partial charge in [0.1, 0.15) is 6.61 Å². The van der Waals surface area contributed by atoms with E-state index in [1.807, 2.05) is 47.5 Å². The lowest BCUT2D eigenvalue weighted by molar-refractivity contribution is -0.153. The molecular formula is C19H21N3O2. The molecule has 0 aliphatic carbocycles. The highest BCUT2D eigenvalue weighted by atomic mass is 16.5. The van der Waals surface area contributed by atoms with E-state index >= 15 is 0 Å². The third-order valence-electron chi connectivity index (χ3n) is 4.76. The summed E-state index contributed by atoms with van der Waals surface area (Å²) in [6, 6.07) is 16.3. The van der Waals surface area contributed by atoms with Crippen molar-refractivity contribution < 1.29 is 9.53 Å². The minimum atomic E-state index is 0.0831. The molecule has 2 aliphatic rings. The molecule has 2 atom stereocenters. The lowest BCUT2D eigenvalue weighted by Crippen LogP contribution is -2.53. The average molecular weight is 323 g/mol. The van der Waals surface area contributed by atoms with Crippen LogP contribution >= 0.6 is 0 Å². The fraction of sp³-hybridized carbons (Fsp3) is 0.368. The summed E-state index contributed by atoms with van der Waals surface area (Å²) in [5.41, 5.74) is 2.21. The first kappa shape index (κ1) is 15.3. The Morgan fingerprint density at radius 2 is 1.88 bits per heavy atom. The number of amides is 1. The number of nitrogens with zero attached hydrogens (tertiary/aromatic N) is 3. The van der Waals surface area contributed by atoms with Crippen LogP contribution in [0.15, 0.2) is 54.7 Å². The largest absolute Gasteiger partial charge is 0.365 e. The first-order valence-corrected chi connectivity index (χ1v) is 8.37. The third-order valence-corrected chi connectivity index (χ3v) is 4.76. The Kier molecular flexibility index (Phi) is 4.28. The molecule has 1 amide bonds. The molecule has 5 heteroatoms. The Morgan fingerprint density at radius 3 is 2.67 bits per heavy atom. The molecule has 3 heterocycles. The fourth-order valence-corrected chi connectivity index (χ4v) is 3.58. The van der Waals surface area contributed by atoms with Gasteiger partial charge >= 0.3 is 0 Å². The van der Waals surface area contributed by atoms with Gasteiger partial charge in [0.2, 0.25) is 5.91 Å². The number of pyridine rings is 1. The van der Waals surface area contributed by atoms with E-state index in [4.69, 9.17) is 4.74 Å². The highest BCUT2D eigenvalue weighted by Gasteiger charge is 2.43. The maximum absolute atomic E-state index is 12.4. The van der Waals surface area contributed by atoms with E-state index in [2.05, 4.69) is 22.0 Å². The Labute approximate surface area is 141 Å². The number of aromatic nitrogens is 1. The van der Waals surface area contributed by atoms with Crippen LogP contribution in [0.25, 0.3) is 0 Å². The van der Waals surface area contributed by atoms with Crippen molar-refractivity contribution in [3.05, 3.63) is 66.0 Å². The summed E-state index contributed by atoms with van der Waals surface area (Å²) in [7, 11) is 0. The Balaban J connectivity index is 1.47. The van der Waals surface area contributed by atoms with Gasteiger partial charge in [0.25, 0.3) is 0 Å². The smallest absolute Gasteiger partial charge is 0.249 e.